The summed E-state index contributed by atoms with van der Waals surface area (Å²) in [6, 6.07) is 5.79. The Balaban J connectivity index is 1.38. The molecule has 2 fully saturated rings. The van der Waals surface area contributed by atoms with Gasteiger partial charge in [-0.3, -0.25) is 9.59 Å². The van der Waals surface area contributed by atoms with Gasteiger partial charge >= 0.3 is 5.97 Å². The van der Waals surface area contributed by atoms with Crippen LogP contribution in [-0.4, -0.2) is 23.1 Å². The summed E-state index contributed by atoms with van der Waals surface area (Å²) >= 11 is 0. The number of esters is 1. The number of hydrogen-bond acceptors (Lipinski definition) is 5. The predicted octanol–water partition coefficient (Wildman–Crippen LogP) is 3.93. The first-order valence-electron chi connectivity index (χ1n) is 10.5. The Morgan fingerprint density at radius 3 is 2.80 bits per heavy atom. The van der Waals surface area contributed by atoms with Crippen LogP contribution >= 0.6 is 0 Å². The number of fused-ring (bicyclic) bond motifs is 2. The summed E-state index contributed by atoms with van der Waals surface area (Å²) in [6.45, 7) is 3.77. The molecule has 2 saturated carbocycles. The van der Waals surface area contributed by atoms with Crippen molar-refractivity contribution >= 4 is 17.7 Å². The van der Waals surface area contributed by atoms with Crippen molar-refractivity contribution in [2.24, 2.45) is 17.8 Å². The minimum Gasteiger partial charge on any atom is -0.467 e. The molecule has 3 atom stereocenters. The van der Waals surface area contributed by atoms with Crippen LogP contribution < -0.4 is 5.32 Å². The van der Waals surface area contributed by atoms with Gasteiger partial charge in [0.2, 0.25) is 0 Å². The molecular formula is C23H27N3O4. The van der Waals surface area contributed by atoms with Gasteiger partial charge in [0.15, 0.2) is 6.61 Å². The van der Waals surface area contributed by atoms with Gasteiger partial charge < -0.3 is 19.0 Å². The third kappa shape index (κ3) is 4.00. The maximum Gasteiger partial charge on any atom is 0.306 e. The minimum absolute atomic E-state index is 0.318. The zero-order chi connectivity index (χ0) is 21.3. The molecule has 158 valence electrons. The molecule has 2 aliphatic carbocycles. The molecule has 0 unspecified atom stereocenters. The van der Waals surface area contributed by atoms with E-state index >= 15 is 0 Å². The smallest absolute Gasteiger partial charge is 0.306 e. The molecule has 4 rings (SSSR count). The first kappa shape index (κ1) is 20.3. The van der Waals surface area contributed by atoms with E-state index in [1.165, 1.54) is 19.3 Å². The molecule has 2 aromatic rings. The second-order valence-electron chi connectivity index (χ2n) is 8.56. The molecule has 7 heteroatoms. The van der Waals surface area contributed by atoms with E-state index in [0.29, 0.717) is 41.9 Å². The monoisotopic (exact) mass is 409 g/mol. The van der Waals surface area contributed by atoms with E-state index in [9.17, 15) is 14.9 Å². The number of rotatable bonds is 7. The van der Waals surface area contributed by atoms with Crippen LogP contribution in [0.3, 0.4) is 0 Å². The number of anilines is 1. The summed E-state index contributed by atoms with van der Waals surface area (Å²) in [5.74, 6) is 2.16. The highest BCUT2D eigenvalue weighted by Crippen LogP contribution is 2.49. The van der Waals surface area contributed by atoms with Gasteiger partial charge in [-0.2, -0.15) is 5.26 Å². The highest BCUT2D eigenvalue weighted by Gasteiger charge is 2.40. The second kappa shape index (κ2) is 8.39. The number of nitrogens with zero attached hydrogens (tertiary/aromatic N) is 2. The number of furan rings is 1. The van der Waals surface area contributed by atoms with Crippen molar-refractivity contribution in [2.75, 3.05) is 11.9 Å². The summed E-state index contributed by atoms with van der Waals surface area (Å²) < 4.78 is 12.5. The number of nitrogens with one attached hydrogen (secondary N) is 1. The van der Waals surface area contributed by atoms with Gasteiger partial charge in [0.1, 0.15) is 17.6 Å². The van der Waals surface area contributed by atoms with Crippen molar-refractivity contribution in [1.82, 2.24) is 4.57 Å². The molecule has 7 nitrogen and oxygen atoms in total. The fourth-order valence-electron chi connectivity index (χ4n) is 5.10. The number of hydrogen-bond donors (Lipinski definition) is 1. The van der Waals surface area contributed by atoms with Crippen molar-refractivity contribution in [2.45, 2.75) is 52.5 Å². The van der Waals surface area contributed by atoms with Crippen molar-refractivity contribution < 1.29 is 18.7 Å². The Morgan fingerprint density at radius 2 is 2.17 bits per heavy atom. The van der Waals surface area contributed by atoms with Crippen LogP contribution in [0.5, 0.6) is 0 Å². The average molecular weight is 409 g/mol. The highest BCUT2D eigenvalue weighted by atomic mass is 16.5. The molecule has 2 bridgehead atoms. The Labute approximate surface area is 176 Å². The van der Waals surface area contributed by atoms with Crippen LogP contribution in [-0.2, 0) is 20.9 Å². The minimum atomic E-state index is -0.453. The van der Waals surface area contributed by atoms with Crippen LogP contribution in [0.1, 0.15) is 54.7 Å². The molecule has 1 amide bonds. The average Bonchev–Trinajstić information content (AvgIpc) is 3.50. The third-order valence-corrected chi connectivity index (χ3v) is 6.77. The molecule has 2 aliphatic rings. The number of nitriles is 1. The van der Waals surface area contributed by atoms with Crippen LogP contribution in [0.4, 0.5) is 5.82 Å². The molecule has 0 aromatic carbocycles. The lowest BCUT2D eigenvalue weighted by atomic mass is 9.86. The molecule has 30 heavy (non-hydrogen) atoms. The Bertz CT molecular complexity index is 983. The van der Waals surface area contributed by atoms with Gasteiger partial charge in [0, 0.05) is 12.1 Å². The first-order chi connectivity index (χ1) is 14.5. The van der Waals surface area contributed by atoms with Gasteiger partial charge in [-0.15, -0.1) is 0 Å². The summed E-state index contributed by atoms with van der Waals surface area (Å²) in [4.78, 5) is 24.7. The van der Waals surface area contributed by atoms with E-state index in [1.54, 1.807) is 12.3 Å². The summed E-state index contributed by atoms with van der Waals surface area (Å²) in [5.41, 5.74) is 2.07. The normalized spacial score (nSPS) is 22.1. The lowest BCUT2D eigenvalue weighted by molar-refractivity contribution is -0.148. The Morgan fingerprint density at radius 1 is 1.33 bits per heavy atom. The SMILES string of the molecule is Cc1c(C#N)c(NC(=O)COC(=O)C[C@H]2C[C@@H]3CC[C@@H]2C3)n(Cc2ccco2)c1C. The van der Waals surface area contributed by atoms with Gasteiger partial charge in [0.05, 0.1) is 18.4 Å². The first-order valence-corrected chi connectivity index (χ1v) is 10.5. The summed E-state index contributed by atoms with van der Waals surface area (Å²) in [7, 11) is 0. The molecule has 0 radical (unpaired) electrons. The maximum atomic E-state index is 12.5. The number of carbonyl (C=O) groups excluding carboxylic acids is 2. The molecule has 0 saturated heterocycles. The third-order valence-electron chi connectivity index (χ3n) is 6.77. The van der Waals surface area contributed by atoms with E-state index < -0.39 is 5.91 Å². The van der Waals surface area contributed by atoms with Crippen LogP contribution in [0.2, 0.25) is 0 Å². The van der Waals surface area contributed by atoms with Crippen molar-refractivity contribution in [3.63, 3.8) is 0 Å². The number of carbonyl (C=O) groups is 2. The Kier molecular flexibility index (Phi) is 5.67. The van der Waals surface area contributed by atoms with Crippen LogP contribution in [0.15, 0.2) is 22.8 Å². The largest absolute Gasteiger partial charge is 0.467 e. The fraction of sp³-hybridized carbons (Fsp3) is 0.522. The molecule has 0 spiro atoms. The fourth-order valence-corrected chi connectivity index (χ4v) is 5.10. The van der Waals surface area contributed by atoms with E-state index in [-0.39, 0.29) is 12.6 Å². The van der Waals surface area contributed by atoms with Crippen LogP contribution in [0, 0.1) is 42.9 Å². The standard InChI is InChI=1S/C23H27N3O4/c1-14-15(2)26(12-19-4-3-7-29-19)23(20(14)11-24)25-21(27)13-30-22(28)10-18-9-16-5-6-17(18)8-16/h3-4,7,16-18H,5-6,8-10,12-13H2,1-2H3,(H,25,27)/t16-,17-,18-/m1/s1. The molecule has 2 heterocycles. The van der Waals surface area contributed by atoms with E-state index in [4.69, 9.17) is 9.15 Å². The molecule has 0 aliphatic heterocycles. The van der Waals surface area contributed by atoms with Gasteiger partial charge in [-0.05, 0) is 68.6 Å². The number of ether oxygens (including phenoxy) is 1. The summed E-state index contributed by atoms with van der Waals surface area (Å²) in [5, 5.41) is 12.3. The summed E-state index contributed by atoms with van der Waals surface area (Å²) in [6.07, 6.45) is 6.82. The van der Waals surface area contributed by atoms with E-state index in [0.717, 1.165) is 23.6 Å². The highest BCUT2D eigenvalue weighted by molar-refractivity contribution is 5.93. The lowest BCUT2D eigenvalue weighted by Gasteiger charge is -2.20. The second-order valence-corrected chi connectivity index (χ2v) is 8.56. The van der Waals surface area contributed by atoms with E-state index in [1.807, 2.05) is 24.5 Å². The van der Waals surface area contributed by atoms with Gasteiger partial charge in [0.25, 0.3) is 5.91 Å². The predicted molar refractivity (Wildman–Crippen MR) is 110 cm³/mol. The zero-order valence-corrected chi connectivity index (χ0v) is 17.4. The van der Waals surface area contributed by atoms with Crippen molar-refractivity contribution in [1.29, 1.82) is 5.26 Å². The van der Waals surface area contributed by atoms with Crippen molar-refractivity contribution in [3.8, 4) is 6.07 Å². The quantitative estimate of drug-likeness (QED) is 0.699. The number of amides is 1. The molecule has 1 N–H and O–H groups in total. The maximum absolute atomic E-state index is 12.5. The van der Waals surface area contributed by atoms with Crippen LogP contribution in [0.25, 0.3) is 0 Å². The molecule has 2 aromatic heterocycles. The van der Waals surface area contributed by atoms with Crippen molar-refractivity contribution in [3.05, 3.63) is 41.0 Å². The number of aromatic nitrogens is 1. The van der Waals surface area contributed by atoms with E-state index in [2.05, 4.69) is 11.4 Å². The Hall–Kier alpha value is -3.01. The lowest BCUT2D eigenvalue weighted by Crippen LogP contribution is -2.24. The zero-order valence-electron chi connectivity index (χ0n) is 17.4. The van der Waals surface area contributed by atoms with Gasteiger partial charge in [-0.1, -0.05) is 6.42 Å². The topological polar surface area (TPSA) is 97.3 Å². The molecular weight excluding hydrogens is 382 g/mol. The van der Waals surface area contributed by atoms with Gasteiger partial charge in [-0.25, -0.2) is 0 Å².